The molecule has 110 valence electrons. The van der Waals surface area contributed by atoms with Crippen molar-refractivity contribution in [2.75, 3.05) is 33.2 Å². The first-order valence-corrected chi connectivity index (χ1v) is 7.20. The zero-order chi connectivity index (χ0) is 14.2. The van der Waals surface area contributed by atoms with E-state index in [4.69, 9.17) is 10.5 Å². The normalized spacial score (nSPS) is 31.6. The van der Waals surface area contributed by atoms with E-state index >= 15 is 0 Å². The third-order valence-corrected chi connectivity index (χ3v) is 4.12. The second-order valence-electron chi connectivity index (χ2n) is 6.92. The second kappa shape index (κ2) is 5.29. The third kappa shape index (κ3) is 3.20. The number of ether oxygens (including phenoxy) is 1. The molecule has 2 fully saturated rings. The van der Waals surface area contributed by atoms with Gasteiger partial charge in [0, 0.05) is 19.6 Å². The molecule has 1 amide bonds. The SMILES string of the molecule is CN1CC2C(CCN)CN(C(=O)OC(C)(C)C)C2C1. The fraction of sp³-hybridized carbons (Fsp3) is 0.929. The topological polar surface area (TPSA) is 58.8 Å². The monoisotopic (exact) mass is 269 g/mol. The first-order chi connectivity index (χ1) is 8.81. The Hall–Kier alpha value is -0.810. The van der Waals surface area contributed by atoms with Crippen LogP contribution in [0.4, 0.5) is 4.79 Å². The Balaban J connectivity index is 2.07. The molecule has 0 aromatic heterocycles. The molecule has 0 aliphatic carbocycles. The van der Waals surface area contributed by atoms with Crippen molar-refractivity contribution >= 4 is 6.09 Å². The average molecular weight is 269 g/mol. The Bertz CT molecular complexity index is 340. The van der Waals surface area contributed by atoms with Gasteiger partial charge >= 0.3 is 6.09 Å². The van der Waals surface area contributed by atoms with Crippen molar-refractivity contribution in [2.24, 2.45) is 17.6 Å². The van der Waals surface area contributed by atoms with E-state index in [0.717, 1.165) is 26.1 Å². The van der Waals surface area contributed by atoms with E-state index in [-0.39, 0.29) is 6.09 Å². The van der Waals surface area contributed by atoms with Gasteiger partial charge in [-0.25, -0.2) is 4.79 Å². The first kappa shape index (κ1) is 14.6. The van der Waals surface area contributed by atoms with E-state index in [1.807, 2.05) is 25.7 Å². The maximum absolute atomic E-state index is 12.3. The highest BCUT2D eigenvalue weighted by Gasteiger charge is 2.48. The van der Waals surface area contributed by atoms with Gasteiger partial charge in [0.05, 0.1) is 6.04 Å². The Morgan fingerprint density at radius 3 is 2.58 bits per heavy atom. The Morgan fingerprint density at radius 2 is 2.00 bits per heavy atom. The fourth-order valence-electron chi connectivity index (χ4n) is 3.38. The minimum Gasteiger partial charge on any atom is -0.444 e. The number of hydrogen-bond donors (Lipinski definition) is 1. The summed E-state index contributed by atoms with van der Waals surface area (Å²) in [6.45, 7) is 9.25. The van der Waals surface area contributed by atoms with Gasteiger partial charge in [-0.05, 0) is 52.6 Å². The van der Waals surface area contributed by atoms with Gasteiger partial charge in [0.15, 0.2) is 0 Å². The summed E-state index contributed by atoms with van der Waals surface area (Å²) >= 11 is 0. The lowest BCUT2D eigenvalue weighted by Crippen LogP contribution is -2.42. The quantitative estimate of drug-likeness (QED) is 0.816. The Labute approximate surface area is 116 Å². The van der Waals surface area contributed by atoms with Crippen LogP contribution in [0.2, 0.25) is 0 Å². The van der Waals surface area contributed by atoms with Crippen LogP contribution < -0.4 is 5.73 Å². The second-order valence-corrected chi connectivity index (χ2v) is 6.92. The summed E-state index contributed by atoms with van der Waals surface area (Å²) in [5.74, 6) is 1.08. The van der Waals surface area contributed by atoms with Crippen LogP contribution in [0.15, 0.2) is 0 Å². The summed E-state index contributed by atoms with van der Waals surface area (Å²) in [5.41, 5.74) is 5.27. The van der Waals surface area contributed by atoms with Gasteiger partial charge in [0.1, 0.15) is 5.60 Å². The van der Waals surface area contributed by atoms with Gasteiger partial charge in [0.2, 0.25) is 0 Å². The van der Waals surface area contributed by atoms with E-state index in [9.17, 15) is 4.79 Å². The molecule has 2 aliphatic heterocycles. The molecule has 3 atom stereocenters. The van der Waals surface area contributed by atoms with Crippen LogP contribution in [0.3, 0.4) is 0 Å². The summed E-state index contributed by atoms with van der Waals surface area (Å²) in [6, 6.07) is 0.302. The molecule has 2 saturated heterocycles. The lowest BCUT2D eigenvalue weighted by Gasteiger charge is -2.28. The van der Waals surface area contributed by atoms with Crippen LogP contribution in [-0.4, -0.2) is 60.8 Å². The van der Waals surface area contributed by atoms with Crippen LogP contribution in [0.25, 0.3) is 0 Å². The molecular weight excluding hydrogens is 242 g/mol. The highest BCUT2D eigenvalue weighted by Crippen LogP contribution is 2.37. The number of amides is 1. The van der Waals surface area contributed by atoms with Crippen LogP contribution in [0.5, 0.6) is 0 Å². The van der Waals surface area contributed by atoms with Crippen LogP contribution >= 0.6 is 0 Å². The van der Waals surface area contributed by atoms with Crippen LogP contribution in [0.1, 0.15) is 27.2 Å². The summed E-state index contributed by atoms with van der Waals surface area (Å²) in [6.07, 6.45) is 0.825. The largest absolute Gasteiger partial charge is 0.444 e. The molecule has 5 nitrogen and oxygen atoms in total. The van der Waals surface area contributed by atoms with Gasteiger partial charge in [0.25, 0.3) is 0 Å². The highest BCUT2D eigenvalue weighted by atomic mass is 16.6. The fourth-order valence-corrected chi connectivity index (χ4v) is 3.38. The number of likely N-dealkylation sites (N-methyl/N-ethyl adjacent to an activating group) is 1. The van der Waals surface area contributed by atoms with Crippen molar-refractivity contribution < 1.29 is 9.53 Å². The number of carbonyl (C=O) groups is 1. The molecule has 2 heterocycles. The van der Waals surface area contributed by atoms with E-state index in [0.29, 0.717) is 24.4 Å². The molecular formula is C14H27N3O2. The summed E-state index contributed by atoms with van der Waals surface area (Å²) in [4.78, 5) is 16.5. The molecule has 0 spiro atoms. The molecule has 19 heavy (non-hydrogen) atoms. The van der Waals surface area contributed by atoms with Crippen molar-refractivity contribution in [3.05, 3.63) is 0 Å². The smallest absolute Gasteiger partial charge is 0.410 e. The first-order valence-electron chi connectivity index (χ1n) is 7.20. The van der Waals surface area contributed by atoms with Crippen LogP contribution in [-0.2, 0) is 4.74 Å². The zero-order valence-corrected chi connectivity index (χ0v) is 12.6. The molecule has 0 bridgehead atoms. The Morgan fingerprint density at radius 1 is 1.32 bits per heavy atom. The highest BCUT2D eigenvalue weighted by molar-refractivity contribution is 5.69. The number of carbonyl (C=O) groups excluding carboxylic acids is 1. The molecule has 2 rings (SSSR count). The minimum atomic E-state index is -0.428. The number of rotatable bonds is 2. The molecule has 5 heteroatoms. The van der Waals surface area contributed by atoms with Crippen molar-refractivity contribution in [3.8, 4) is 0 Å². The van der Waals surface area contributed by atoms with Crippen molar-refractivity contribution in [2.45, 2.75) is 38.8 Å². The van der Waals surface area contributed by atoms with E-state index in [1.54, 1.807) is 0 Å². The molecule has 0 radical (unpaired) electrons. The van der Waals surface area contributed by atoms with Gasteiger partial charge in [-0.3, -0.25) is 0 Å². The zero-order valence-electron chi connectivity index (χ0n) is 12.6. The van der Waals surface area contributed by atoms with Crippen molar-refractivity contribution in [1.29, 1.82) is 0 Å². The van der Waals surface area contributed by atoms with Gasteiger partial charge in [-0.15, -0.1) is 0 Å². The average Bonchev–Trinajstić information content (AvgIpc) is 2.75. The number of likely N-dealkylation sites (tertiary alicyclic amines) is 2. The van der Waals surface area contributed by atoms with Crippen LogP contribution in [0, 0.1) is 11.8 Å². The van der Waals surface area contributed by atoms with Crippen molar-refractivity contribution in [1.82, 2.24) is 9.80 Å². The molecule has 0 aromatic rings. The maximum atomic E-state index is 12.3. The van der Waals surface area contributed by atoms with Gasteiger partial charge in [-0.1, -0.05) is 0 Å². The number of fused-ring (bicyclic) bond motifs is 1. The molecule has 3 unspecified atom stereocenters. The van der Waals surface area contributed by atoms with Crippen molar-refractivity contribution in [3.63, 3.8) is 0 Å². The predicted octanol–water partition coefficient (Wildman–Crippen LogP) is 1.13. The molecule has 0 saturated carbocycles. The molecule has 2 aliphatic rings. The molecule has 0 aromatic carbocycles. The predicted molar refractivity (Wildman–Crippen MR) is 74.9 cm³/mol. The lowest BCUT2D eigenvalue weighted by atomic mass is 9.90. The number of hydrogen-bond acceptors (Lipinski definition) is 4. The summed E-state index contributed by atoms with van der Waals surface area (Å²) in [5, 5.41) is 0. The van der Waals surface area contributed by atoms with Gasteiger partial charge < -0.3 is 20.3 Å². The standard InChI is InChI=1S/C14H27N3O2/c1-14(2,3)19-13(18)17-7-10(5-6-15)11-8-16(4)9-12(11)17/h10-12H,5-9,15H2,1-4H3. The summed E-state index contributed by atoms with van der Waals surface area (Å²) in [7, 11) is 2.12. The third-order valence-electron chi connectivity index (χ3n) is 4.12. The molecule has 2 N–H and O–H groups in total. The van der Waals surface area contributed by atoms with Gasteiger partial charge in [-0.2, -0.15) is 0 Å². The van der Waals surface area contributed by atoms with E-state index < -0.39 is 5.60 Å². The minimum absolute atomic E-state index is 0.169. The number of nitrogens with zero attached hydrogens (tertiary/aromatic N) is 2. The maximum Gasteiger partial charge on any atom is 0.410 e. The number of nitrogens with two attached hydrogens (primary N) is 1. The Kier molecular flexibility index (Phi) is 4.06. The lowest BCUT2D eigenvalue weighted by molar-refractivity contribution is 0.0215. The van der Waals surface area contributed by atoms with E-state index in [2.05, 4.69) is 11.9 Å². The van der Waals surface area contributed by atoms with E-state index in [1.165, 1.54) is 0 Å². The summed E-state index contributed by atoms with van der Waals surface area (Å²) < 4.78 is 5.53.